The fourth-order valence-electron chi connectivity index (χ4n) is 0.680. The lowest BCUT2D eigenvalue weighted by molar-refractivity contribution is 0.131. The van der Waals surface area contributed by atoms with Gasteiger partial charge in [-0.1, -0.05) is 19.1 Å². The topological polar surface area (TPSA) is 40.5 Å². The van der Waals surface area contributed by atoms with Crippen molar-refractivity contribution in [3.8, 4) is 0 Å². The summed E-state index contributed by atoms with van der Waals surface area (Å²) in [5, 5.41) is 18.4. The molecule has 0 spiro atoms. The summed E-state index contributed by atoms with van der Waals surface area (Å²) in [6.45, 7) is 5.35. The zero-order chi connectivity index (χ0) is 8.91. The predicted octanol–water partition coefficient (Wildman–Crippen LogP) is 1.47. The molecule has 66 valence electrons. The number of aliphatic hydroxyl groups is 2. The lowest BCUT2D eigenvalue weighted by Gasteiger charge is -2.10. The van der Waals surface area contributed by atoms with Crippen LogP contribution in [0.3, 0.4) is 0 Å². The lowest BCUT2D eigenvalue weighted by Crippen LogP contribution is -2.14. The molecule has 0 aliphatic rings. The van der Waals surface area contributed by atoms with E-state index in [1.54, 1.807) is 19.9 Å². The Morgan fingerprint density at radius 2 is 2.00 bits per heavy atom. The van der Waals surface area contributed by atoms with Crippen molar-refractivity contribution in [2.45, 2.75) is 45.3 Å². The van der Waals surface area contributed by atoms with E-state index in [0.29, 0.717) is 6.42 Å². The van der Waals surface area contributed by atoms with Crippen molar-refractivity contribution in [2.75, 3.05) is 0 Å². The molecule has 0 aromatic heterocycles. The van der Waals surface area contributed by atoms with Crippen LogP contribution in [0.4, 0.5) is 0 Å². The van der Waals surface area contributed by atoms with Crippen LogP contribution < -0.4 is 0 Å². The van der Waals surface area contributed by atoms with Gasteiger partial charge in [0.05, 0.1) is 11.7 Å². The summed E-state index contributed by atoms with van der Waals surface area (Å²) in [7, 11) is 0. The highest BCUT2D eigenvalue weighted by molar-refractivity contribution is 4.95. The standard InChI is InChI=1S/C9H18O2/c1-4-8(10)6-5-7-9(2,3)11/h5,7-8,10-11H,4,6H2,1-3H3. The number of rotatable bonds is 4. The average molecular weight is 158 g/mol. The third-order valence-electron chi connectivity index (χ3n) is 1.41. The third-order valence-corrected chi connectivity index (χ3v) is 1.41. The summed E-state index contributed by atoms with van der Waals surface area (Å²) in [4.78, 5) is 0. The van der Waals surface area contributed by atoms with Gasteiger partial charge < -0.3 is 10.2 Å². The Morgan fingerprint density at radius 1 is 1.45 bits per heavy atom. The van der Waals surface area contributed by atoms with E-state index in [9.17, 15) is 5.11 Å². The summed E-state index contributed by atoms with van der Waals surface area (Å²) in [5.74, 6) is 0. The first-order chi connectivity index (χ1) is 4.95. The van der Waals surface area contributed by atoms with E-state index in [4.69, 9.17) is 5.11 Å². The summed E-state index contributed by atoms with van der Waals surface area (Å²) in [5.41, 5.74) is -0.756. The van der Waals surface area contributed by atoms with E-state index >= 15 is 0 Å². The molecule has 1 unspecified atom stereocenters. The van der Waals surface area contributed by atoms with E-state index in [1.165, 1.54) is 0 Å². The first kappa shape index (κ1) is 10.7. The van der Waals surface area contributed by atoms with E-state index < -0.39 is 5.60 Å². The van der Waals surface area contributed by atoms with Gasteiger partial charge in [0.1, 0.15) is 0 Å². The number of hydrogen-bond acceptors (Lipinski definition) is 2. The molecule has 2 N–H and O–H groups in total. The second-order valence-electron chi connectivity index (χ2n) is 3.35. The van der Waals surface area contributed by atoms with Crippen molar-refractivity contribution in [1.82, 2.24) is 0 Å². The van der Waals surface area contributed by atoms with Crippen molar-refractivity contribution in [3.05, 3.63) is 12.2 Å². The molecular formula is C9H18O2. The molecule has 0 heterocycles. The van der Waals surface area contributed by atoms with E-state index in [-0.39, 0.29) is 6.10 Å². The van der Waals surface area contributed by atoms with E-state index in [2.05, 4.69) is 0 Å². The highest BCUT2D eigenvalue weighted by Crippen LogP contribution is 2.05. The van der Waals surface area contributed by atoms with Gasteiger partial charge in [-0.2, -0.15) is 0 Å². The molecule has 0 rings (SSSR count). The maximum Gasteiger partial charge on any atom is 0.0771 e. The first-order valence-corrected chi connectivity index (χ1v) is 4.04. The van der Waals surface area contributed by atoms with Gasteiger partial charge in [0.15, 0.2) is 0 Å². The SMILES string of the molecule is CCC(O)CC=CC(C)(C)O. The molecule has 0 fully saturated rings. The minimum absolute atomic E-state index is 0.270. The van der Waals surface area contributed by atoms with Crippen LogP contribution in [0.5, 0.6) is 0 Å². The van der Waals surface area contributed by atoms with Gasteiger partial charge in [-0.3, -0.25) is 0 Å². The maximum atomic E-state index is 9.23. The van der Waals surface area contributed by atoms with Crippen molar-refractivity contribution >= 4 is 0 Å². The molecule has 0 bridgehead atoms. The fraction of sp³-hybridized carbons (Fsp3) is 0.778. The number of hydrogen-bond donors (Lipinski definition) is 2. The highest BCUT2D eigenvalue weighted by atomic mass is 16.3. The Balaban J connectivity index is 3.61. The normalized spacial score (nSPS) is 15.7. The molecule has 0 aromatic carbocycles. The van der Waals surface area contributed by atoms with Crippen LogP contribution in [-0.4, -0.2) is 21.9 Å². The molecule has 0 radical (unpaired) electrons. The monoisotopic (exact) mass is 158 g/mol. The van der Waals surface area contributed by atoms with Gasteiger partial charge in [-0.15, -0.1) is 0 Å². The molecule has 0 aliphatic heterocycles. The summed E-state index contributed by atoms with van der Waals surface area (Å²) in [6, 6.07) is 0. The molecule has 0 saturated carbocycles. The Labute approximate surface area is 68.6 Å². The molecule has 2 heteroatoms. The van der Waals surface area contributed by atoms with Crippen LogP contribution in [0.1, 0.15) is 33.6 Å². The quantitative estimate of drug-likeness (QED) is 0.608. The molecule has 1 atom stereocenters. The van der Waals surface area contributed by atoms with Crippen LogP contribution in [0.15, 0.2) is 12.2 Å². The van der Waals surface area contributed by atoms with Crippen molar-refractivity contribution in [3.63, 3.8) is 0 Å². The minimum Gasteiger partial charge on any atom is -0.393 e. The molecule has 0 aromatic rings. The highest BCUT2D eigenvalue weighted by Gasteiger charge is 2.05. The number of aliphatic hydroxyl groups excluding tert-OH is 1. The predicted molar refractivity (Wildman–Crippen MR) is 46.4 cm³/mol. The summed E-state index contributed by atoms with van der Waals surface area (Å²) in [6.07, 6.45) is 4.63. The molecule has 0 amide bonds. The van der Waals surface area contributed by atoms with Gasteiger partial charge in [0, 0.05) is 0 Å². The van der Waals surface area contributed by atoms with Crippen LogP contribution in [-0.2, 0) is 0 Å². The third kappa shape index (κ3) is 7.56. The van der Waals surface area contributed by atoms with Crippen LogP contribution >= 0.6 is 0 Å². The van der Waals surface area contributed by atoms with E-state index in [1.807, 2.05) is 13.0 Å². The zero-order valence-electron chi connectivity index (χ0n) is 7.54. The van der Waals surface area contributed by atoms with Crippen LogP contribution in [0, 0.1) is 0 Å². The van der Waals surface area contributed by atoms with Crippen molar-refractivity contribution in [1.29, 1.82) is 0 Å². The second-order valence-corrected chi connectivity index (χ2v) is 3.35. The van der Waals surface area contributed by atoms with Gasteiger partial charge in [-0.05, 0) is 26.7 Å². The van der Waals surface area contributed by atoms with Crippen molar-refractivity contribution < 1.29 is 10.2 Å². The largest absolute Gasteiger partial charge is 0.393 e. The van der Waals surface area contributed by atoms with Gasteiger partial charge in [0.25, 0.3) is 0 Å². The molecule has 0 aliphatic carbocycles. The first-order valence-electron chi connectivity index (χ1n) is 4.04. The fourth-order valence-corrected chi connectivity index (χ4v) is 0.680. The van der Waals surface area contributed by atoms with Gasteiger partial charge in [0.2, 0.25) is 0 Å². The zero-order valence-corrected chi connectivity index (χ0v) is 7.54. The Kier molecular flexibility index (Phi) is 4.38. The molecule has 11 heavy (non-hydrogen) atoms. The van der Waals surface area contributed by atoms with Crippen LogP contribution in [0.25, 0.3) is 0 Å². The summed E-state index contributed by atoms with van der Waals surface area (Å²) >= 11 is 0. The smallest absolute Gasteiger partial charge is 0.0771 e. The molecule has 2 nitrogen and oxygen atoms in total. The molecular weight excluding hydrogens is 140 g/mol. The molecule has 0 saturated heterocycles. The minimum atomic E-state index is -0.756. The van der Waals surface area contributed by atoms with Gasteiger partial charge in [-0.25, -0.2) is 0 Å². The Bertz CT molecular complexity index is 122. The Hall–Kier alpha value is -0.340. The average Bonchev–Trinajstić information content (AvgIpc) is 1.85. The van der Waals surface area contributed by atoms with Crippen LogP contribution in [0.2, 0.25) is 0 Å². The maximum absolute atomic E-state index is 9.23. The van der Waals surface area contributed by atoms with Crippen molar-refractivity contribution in [2.24, 2.45) is 0 Å². The van der Waals surface area contributed by atoms with Gasteiger partial charge >= 0.3 is 0 Å². The summed E-state index contributed by atoms with van der Waals surface area (Å²) < 4.78 is 0. The van der Waals surface area contributed by atoms with E-state index in [0.717, 1.165) is 6.42 Å². The second kappa shape index (κ2) is 4.52. The Morgan fingerprint density at radius 3 is 2.36 bits per heavy atom. The lowest BCUT2D eigenvalue weighted by atomic mass is 10.1.